The molecule has 4 aromatic rings. The fourth-order valence-electron chi connectivity index (χ4n) is 4.85. The molecule has 0 atom stereocenters. The van der Waals surface area contributed by atoms with Crippen molar-refractivity contribution in [3.8, 4) is 0 Å². The first-order valence-electron chi connectivity index (χ1n) is 14.8. The maximum atomic E-state index is 12.7. The summed E-state index contributed by atoms with van der Waals surface area (Å²) in [4.78, 5) is 29.7. The lowest BCUT2D eigenvalue weighted by atomic mass is 10.0. The van der Waals surface area contributed by atoms with Crippen LogP contribution in [-0.4, -0.2) is 73.4 Å². The normalized spacial score (nSPS) is 12.0. The van der Waals surface area contributed by atoms with Gasteiger partial charge in [-0.2, -0.15) is 8.42 Å². The van der Waals surface area contributed by atoms with Gasteiger partial charge in [0.1, 0.15) is 10.5 Å². The van der Waals surface area contributed by atoms with E-state index in [1.54, 1.807) is 11.6 Å². The monoisotopic (exact) mass is 670 g/mol. The molecule has 0 unspecified atom stereocenters. The lowest BCUT2D eigenvalue weighted by Gasteiger charge is -2.20. The molecule has 18 nitrogen and oxygen atoms in total. The minimum Gasteiger partial charge on any atom is -0.422 e. The van der Waals surface area contributed by atoms with Gasteiger partial charge in [-0.25, -0.2) is 9.48 Å². The number of nitrogens with zero attached hydrogens (tertiary/aromatic N) is 10. The largest absolute Gasteiger partial charge is 0.422 e. The summed E-state index contributed by atoms with van der Waals surface area (Å²) >= 11 is 0. The number of nitrogens with two attached hydrogens (primary N) is 1. The fourth-order valence-corrected chi connectivity index (χ4v) is 5.47. The number of carbonyl (C=O) groups excluding carboxylic acids is 1. The summed E-state index contributed by atoms with van der Waals surface area (Å²) in [7, 11) is -4.61. The summed E-state index contributed by atoms with van der Waals surface area (Å²) in [6.07, 6.45) is 4.64. The second-order valence-electron chi connectivity index (χ2n) is 12.1. The molecule has 19 heteroatoms. The standard InChI is InChI=1S/C28H38N12O6S/c1-18-21-11-25(47(43,44)45)23(29)13-24(21)46-27(42)22(18)12-26(41)31-7-5-10-39-16-19(33-36-39)14-38(9-6-8-32-35-30)15-20-17-40(37-34-20)28(2,3)4/h11,13,16-17H,5-10,12,14-15,29H2,1-4H3,(H,31,41)(H,43,44,45). The van der Waals surface area contributed by atoms with Gasteiger partial charge in [-0.15, -0.1) is 10.2 Å². The highest BCUT2D eigenvalue weighted by atomic mass is 32.2. The molecule has 1 aromatic carbocycles. The number of azide groups is 1. The average molecular weight is 671 g/mol. The van der Waals surface area contributed by atoms with Crippen LogP contribution in [0.5, 0.6) is 0 Å². The Kier molecular flexibility index (Phi) is 11.0. The van der Waals surface area contributed by atoms with E-state index in [9.17, 15) is 22.6 Å². The van der Waals surface area contributed by atoms with E-state index in [1.807, 2.05) is 37.8 Å². The van der Waals surface area contributed by atoms with Crippen molar-refractivity contribution < 1.29 is 22.2 Å². The number of nitrogens with one attached hydrogen (secondary N) is 1. The minimum absolute atomic E-state index is 0.0401. The molecule has 1 amide bonds. The van der Waals surface area contributed by atoms with Gasteiger partial charge in [-0.1, -0.05) is 15.5 Å². The highest BCUT2D eigenvalue weighted by Gasteiger charge is 2.21. The topological polar surface area (TPSA) is 253 Å². The molecule has 3 heterocycles. The van der Waals surface area contributed by atoms with E-state index in [1.165, 1.54) is 0 Å². The van der Waals surface area contributed by atoms with Crippen LogP contribution >= 0.6 is 0 Å². The van der Waals surface area contributed by atoms with Crippen molar-refractivity contribution >= 4 is 32.7 Å². The summed E-state index contributed by atoms with van der Waals surface area (Å²) in [5.41, 5.74) is 15.1. The third-order valence-corrected chi connectivity index (χ3v) is 8.21. The Bertz CT molecular complexity index is 1950. The van der Waals surface area contributed by atoms with Crippen LogP contribution in [0.1, 0.15) is 56.1 Å². The average Bonchev–Trinajstić information content (AvgIpc) is 3.64. The molecule has 252 valence electrons. The van der Waals surface area contributed by atoms with Gasteiger partial charge in [-0.05, 0) is 64.2 Å². The van der Waals surface area contributed by atoms with Crippen molar-refractivity contribution in [2.75, 3.05) is 25.4 Å². The molecule has 0 saturated heterocycles. The highest BCUT2D eigenvalue weighted by molar-refractivity contribution is 7.86. The van der Waals surface area contributed by atoms with E-state index in [4.69, 9.17) is 15.7 Å². The molecular formula is C28H38N12O6S. The van der Waals surface area contributed by atoms with E-state index < -0.39 is 26.5 Å². The van der Waals surface area contributed by atoms with Crippen LogP contribution in [0.3, 0.4) is 0 Å². The number of aryl methyl sites for hydroxylation is 2. The first kappa shape index (κ1) is 35.0. The quantitative estimate of drug-likeness (QED) is 0.0313. The highest BCUT2D eigenvalue weighted by Crippen LogP contribution is 2.28. The van der Waals surface area contributed by atoms with E-state index in [0.717, 1.165) is 23.5 Å². The lowest BCUT2D eigenvalue weighted by molar-refractivity contribution is -0.120. The molecule has 4 N–H and O–H groups in total. The third-order valence-electron chi connectivity index (χ3n) is 7.30. The van der Waals surface area contributed by atoms with Gasteiger partial charge >= 0.3 is 5.63 Å². The van der Waals surface area contributed by atoms with Crippen LogP contribution in [0.2, 0.25) is 0 Å². The number of carbonyl (C=O) groups is 1. The summed E-state index contributed by atoms with van der Waals surface area (Å²) in [6, 6.07) is 2.27. The number of anilines is 1. The first-order valence-corrected chi connectivity index (χ1v) is 16.2. The van der Waals surface area contributed by atoms with Crippen molar-refractivity contribution in [3.63, 3.8) is 0 Å². The van der Waals surface area contributed by atoms with Gasteiger partial charge in [0.05, 0.1) is 40.8 Å². The van der Waals surface area contributed by atoms with E-state index >= 15 is 0 Å². The SMILES string of the molecule is Cc1c(CC(=O)NCCCn2cc(CN(CCCN=[N+]=[N-])Cc3cn(C(C)(C)C)nn3)nn2)c(=O)oc2cc(N)c(S(=O)(=O)O)cc12. The van der Waals surface area contributed by atoms with E-state index in [-0.39, 0.29) is 34.2 Å². The Hall–Kier alpha value is -4.84. The van der Waals surface area contributed by atoms with Crippen LogP contribution in [0, 0.1) is 6.92 Å². The molecule has 0 radical (unpaired) electrons. The molecule has 47 heavy (non-hydrogen) atoms. The maximum absolute atomic E-state index is 12.7. The number of fused-ring (bicyclic) bond motifs is 1. The zero-order chi connectivity index (χ0) is 34.4. The van der Waals surface area contributed by atoms with Crippen molar-refractivity contribution in [3.05, 3.63) is 67.9 Å². The van der Waals surface area contributed by atoms with Gasteiger partial charge in [0.2, 0.25) is 5.91 Å². The number of nitrogen functional groups attached to an aromatic ring is 1. The number of hydrogen-bond donors (Lipinski definition) is 3. The predicted molar refractivity (Wildman–Crippen MR) is 171 cm³/mol. The second kappa shape index (κ2) is 14.7. The molecular weight excluding hydrogens is 632 g/mol. The number of aromatic nitrogens is 6. The Morgan fingerprint density at radius 1 is 1.17 bits per heavy atom. The molecule has 0 spiro atoms. The minimum atomic E-state index is -4.61. The zero-order valence-corrected chi connectivity index (χ0v) is 27.4. The molecule has 0 saturated carbocycles. The number of benzene rings is 1. The van der Waals surface area contributed by atoms with Gasteiger partial charge in [0.25, 0.3) is 10.1 Å². The number of hydrogen-bond acceptors (Lipinski definition) is 12. The molecule has 0 aliphatic carbocycles. The molecule has 3 aromatic heterocycles. The van der Waals surface area contributed by atoms with Crippen LogP contribution in [0.25, 0.3) is 21.4 Å². The Morgan fingerprint density at radius 3 is 2.53 bits per heavy atom. The van der Waals surface area contributed by atoms with Gasteiger partial charge in [-0.3, -0.25) is 18.9 Å². The predicted octanol–water partition coefficient (Wildman–Crippen LogP) is 2.32. The van der Waals surface area contributed by atoms with Gasteiger partial charge in [0, 0.05) is 55.3 Å². The van der Waals surface area contributed by atoms with Crippen LogP contribution < -0.4 is 16.7 Å². The maximum Gasteiger partial charge on any atom is 0.340 e. The second-order valence-corrected chi connectivity index (χ2v) is 13.4. The summed E-state index contributed by atoms with van der Waals surface area (Å²) in [5.74, 6) is -0.427. The molecule has 4 rings (SSSR count). The van der Waals surface area contributed by atoms with Crippen molar-refractivity contribution in [2.45, 2.75) is 77.0 Å². The first-order chi connectivity index (χ1) is 22.2. The van der Waals surface area contributed by atoms with Crippen LogP contribution in [-0.2, 0) is 46.5 Å². The summed E-state index contributed by atoms with van der Waals surface area (Å²) < 4.78 is 41.6. The Morgan fingerprint density at radius 2 is 1.87 bits per heavy atom. The lowest BCUT2D eigenvalue weighted by Crippen LogP contribution is -2.29. The third kappa shape index (κ3) is 9.35. The van der Waals surface area contributed by atoms with E-state index in [2.05, 4.69) is 40.9 Å². The van der Waals surface area contributed by atoms with Gasteiger partial charge in [0.15, 0.2) is 0 Å². The molecule has 0 aliphatic rings. The van der Waals surface area contributed by atoms with Crippen LogP contribution in [0.4, 0.5) is 5.69 Å². The zero-order valence-electron chi connectivity index (χ0n) is 26.6. The molecule has 0 fully saturated rings. The van der Waals surface area contributed by atoms with Crippen molar-refractivity contribution in [1.29, 1.82) is 0 Å². The van der Waals surface area contributed by atoms with Crippen molar-refractivity contribution in [2.24, 2.45) is 5.11 Å². The smallest absolute Gasteiger partial charge is 0.340 e. The van der Waals surface area contributed by atoms with Crippen LogP contribution in [0.15, 0.2) is 43.7 Å². The van der Waals surface area contributed by atoms with Crippen molar-refractivity contribution in [1.82, 2.24) is 40.2 Å². The number of amides is 1. The Balaban J connectivity index is 1.32. The fraction of sp³-hybridized carbons (Fsp3) is 0.500. The molecule has 0 aliphatic heterocycles. The number of rotatable bonds is 15. The summed E-state index contributed by atoms with van der Waals surface area (Å²) in [5, 5.41) is 23.6. The summed E-state index contributed by atoms with van der Waals surface area (Å²) in [6.45, 7) is 10.5. The van der Waals surface area contributed by atoms with Gasteiger partial charge < -0.3 is 15.5 Å². The van der Waals surface area contributed by atoms with E-state index in [0.29, 0.717) is 57.7 Å². The Labute approximate surface area is 270 Å². The molecule has 0 bridgehead atoms.